The van der Waals surface area contributed by atoms with Crippen molar-refractivity contribution in [2.75, 3.05) is 0 Å². The third-order valence-electron chi connectivity index (χ3n) is 3.05. The highest BCUT2D eigenvalue weighted by Gasteiger charge is 2.12. The van der Waals surface area contributed by atoms with Crippen molar-refractivity contribution in [1.82, 2.24) is 4.98 Å². The highest BCUT2D eigenvalue weighted by atomic mass is 79.9. The normalized spacial score (nSPS) is 12.8. The molecule has 0 aliphatic carbocycles. The minimum atomic E-state index is -0.283. The number of para-hydroxylation sites is 1. The number of hydrogen-bond donors (Lipinski definition) is 1. The molecule has 1 heterocycles. The molecular formula is C15H12BrFN2S. The first-order valence-electron chi connectivity index (χ1n) is 6.18. The first-order chi connectivity index (χ1) is 9.61. The van der Waals surface area contributed by atoms with Gasteiger partial charge in [0.1, 0.15) is 5.82 Å². The van der Waals surface area contributed by atoms with Crippen LogP contribution < -0.4 is 5.73 Å². The van der Waals surface area contributed by atoms with Crippen LogP contribution in [0.1, 0.15) is 16.6 Å². The molecule has 0 aliphatic heterocycles. The van der Waals surface area contributed by atoms with E-state index in [1.807, 2.05) is 30.3 Å². The van der Waals surface area contributed by atoms with Crippen molar-refractivity contribution >= 4 is 37.5 Å². The molecule has 2 N–H and O–H groups in total. The molecule has 1 aromatic heterocycles. The molecule has 1 unspecified atom stereocenters. The number of halogens is 2. The monoisotopic (exact) mass is 350 g/mol. The Hall–Kier alpha value is -1.30. The maximum Gasteiger partial charge on any atom is 0.124 e. The second-order valence-electron chi connectivity index (χ2n) is 4.59. The van der Waals surface area contributed by atoms with E-state index < -0.39 is 0 Å². The molecule has 3 rings (SSSR count). The molecule has 0 saturated carbocycles. The Bertz CT molecular complexity index is 703. The molecular weight excluding hydrogens is 339 g/mol. The van der Waals surface area contributed by atoms with Crippen LogP contribution in [0.5, 0.6) is 0 Å². The van der Waals surface area contributed by atoms with Crippen molar-refractivity contribution in [2.24, 2.45) is 5.73 Å². The summed E-state index contributed by atoms with van der Waals surface area (Å²) in [5, 5.41) is 0.971. The molecule has 0 fully saturated rings. The van der Waals surface area contributed by atoms with Crippen LogP contribution in [-0.2, 0) is 6.42 Å². The Morgan fingerprint density at radius 3 is 2.80 bits per heavy atom. The molecule has 0 amide bonds. The molecule has 2 nitrogen and oxygen atoms in total. The number of nitrogens with two attached hydrogens (primary N) is 1. The van der Waals surface area contributed by atoms with Crippen LogP contribution >= 0.6 is 27.3 Å². The average molecular weight is 351 g/mol. The summed E-state index contributed by atoms with van der Waals surface area (Å²) >= 11 is 4.92. The van der Waals surface area contributed by atoms with Crippen molar-refractivity contribution in [1.29, 1.82) is 0 Å². The van der Waals surface area contributed by atoms with Crippen LogP contribution in [0.15, 0.2) is 46.9 Å². The van der Waals surface area contributed by atoms with E-state index in [9.17, 15) is 4.39 Å². The van der Waals surface area contributed by atoms with Crippen LogP contribution in [0.3, 0.4) is 0 Å². The number of nitrogens with zero attached hydrogens (tertiary/aromatic N) is 1. The Morgan fingerprint density at radius 2 is 2.05 bits per heavy atom. The quantitative estimate of drug-likeness (QED) is 0.758. The van der Waals surface area contributed by atoms with Gasteiger partial charge in [-0.25, -0.2) is 9.37 Å². The van der Waals surface area contributed by atoms with E-state index >= 15 is 0 Å². The zero-order valence-corrected chi connectivity index (χ0v) is 12.9. The first-order valence-corrected chi connectivity index (χ1v) is 7.79. The van der Waals surface area contributed by atoms with Crippen molar-refractivity contribution in [3.05, 3.63) is 63.3 Å². The first kappa shape index (κ1) is 13.7. The highest BCUT2D eigenvalue weighted by molar-refractivity contribution is 9.10. The Kier molecular flexibility index (Phi) is 3.83. The minimum Gasteiger partial charge on any atom is -0.324 e. The summed E-state index contributed by atoms with van der Waals surface area (Å²) in [6.07, 6.45) is 0.606. The highest BCUT2D eigenvalue weighted by Crippen LogP contribution is 2.26. The zero-order chi connectivity index (χ0) is 14.1. The topological polar surface area (TPSA) is 38.9 Å². The molecule has 0 bridgehead atoms. The number of aromatic nitrogens is 1. The zero-order valence-electron chi connectivity index (χ0n) is 10.5. The molecule has 0 aliphatic rings. The van der Waals surface area contributed by atoms with Gasteiger partial charge in [0.2, 0.25) is 0 Å². The van der Waals surface area contributed by atoms with E-state index in [-0.39, 0.29) is 11.9 Å². The molecule has 1 atom stereocenters. The Balaban J connectivity index is 1.86. The average Bonchev–Trinajstić information content (AvgIpc) is 2.79. The van der Waals surface area contributed by atoms with Gasteiger partial charge in [-0.3, -0.25) is 0 Å². The maximum absolute atomic E-state index is 13.4. The predicted molar refractivity (Wildman–Crippen MR) is 84.4 cm³/mol. The van der Waals surface area contributed by atoms with Gasteiger partial charge in [0, 0.05) is 16.9 Å². The van der Waals surface area contributed by atoms with E-state index in [0.717, 1.165) is 20.8 Å². The van der Waals surface area contributed by atoms with Crippen molar-refractivity contribution in [2.45, 2.75) is 12.5 Å². The summed E-state index contributed by atoms with van der Waals surface area (Å²) in [5.74, 6) is -0.283. The van der Waals surface area contributed by atoms with E-state index in [2.05, 4.69) is 20.9 Å². The second kappa shape index (κ2) is 5.60. The van der Waals surface area contributed by atoms with E-state index in [1.54, 1.807) is 11.3 Å². The third kappa shape index (κ3) is 2.90. The number of hydrogen-bond acceptors (Lipinski definition) is 3. The lowest BCUT2D eigenvalue weighted by Crippen LogP contribution is -2.13. The van der Waals surface area contributed by atoms with Gasteiger partial charge >= 0.3 is 0 Å². The lowest BCUT2D eigenvalue weighted by atomic mass is 10.1. The van der Waals surface area contributed by atoms with E-state index in [0.29, 0.717) is 10.9 Å². The van der Waals surface area contributed by atoms with Gasteiger partial charge in [-0.2, -0.15) is 0 Å². The summed E-state index contributed by atoms with van der Waals surface area (Å²) in [4.78, 5) is 4.56. The van der Waals surface area contributed by atoms with Crippen molar-refractivity contribution < 1.29 is 4.39 Å². The fraction of sp³-hybridized carbons (Fsp3) is 0.133. The Labute approximate surface area is 128 Å². The second-order valence-corrected chi connectivity index (χ2v) is 6.62. The van der Waals surface area contributed by atoms with E-state index in [1.165, 1.54) is 12.1 Å². The number of thiazole rings is 1. The largest absolute Gasteiger partial charge is 0.324 e. The van der Waals surface area contributed by atoms with Gasteiger partial charge in [-0.1, -0.05) is 28.1 Å². The number of fused-ring (bicyclic) bond motifs is 1. The van der Waals surface area contributed by atoms with Gasteiger partial charge in [0.15, 0.2) is 0 Å². The molecule has 20 heavy (non-hydrogen) atoms. The fourth-order valence-corrected chi connectivity index (χ4v) is 3.61. The third-order valence-corrected chi connectivity index (χ3v) is 4.56. The van der Waals surface area contributed by atoms with Crippen LogP contribution in [0.2, 0.25) is 0 Å². The van der Waals surface area contributed by atoms with E-state index in [4.69, 9.17) is 5.73 Å². The Morgan fingerprint density at radius 1 is 1.25 bits per heavy atom. The maximum atomic E-state index is 13.4. The lowest BCUT2D eigenvalue weighted by molar-refractivity contribution is 0.617. The molecule has 102 valence electrons. The SMILES string of the molecule is NC(Cc1nc2ccccc2s1)c1cc(F)cc(Br)c1. The smallest absolute Gasteiger partial charge is 0.124 e. The fourth-order valence-electron chi connectivity index (χ4n) is 2.10. The van der Waals surface area contributed by atoms with Crippen LogP contribution in [-0.4, -0.2) is 4.98 Å². The van der Waals surface area contributed by atoms with Crippen LogP contribution in [0.4, 0.5) is 4.39 Å². The summed E-state index contributed by atoms with van der Waals surface area (Å²) in [6, 6.07) is 12.5. The molecule has 0 saturated heterocycles. The number of rotatable bonds is 3. The van der Waals surface area contributed by atoms with Gasteiger partial charge < -0.3 is 5.73 Å². The summed E-state index contributed by atoms with van der Waals surface area (Å²) in [6.45, 7) is 0. The predicted octanol–water partition coefficient (Wildman–Crippen LogP) is 4.44. The van der Waals surface area contributed by atoms with Crippen LogP contribution in [0, 0.1) is 5.82 Å². The van der Waals surface area contributed by atoms with Crippen LogP contribution in [0.25, 0.3) is 10.2 Å². The van der Waals surface area contributed by atoms with Gasteiger partial charge in [-0.15, -0.1) is 11.3 Å². The standard InChI is InChI=1S/C15H12BrFN2S/c16-10-5-9(6-11(17)7-10)12(18)8-15-19-13-3-1-2-4-14(13)20-15/h1-7,12H,8,18H2. The number of benzene rings is 2. The lowest BCUT2D eigenvalue weighted by Gasteiger charge is -2.10. The molecule has 5 heteroatoms. The van der Waals surface area contributed by atoms with Gasteiger partial charge in [0.25, 0.3) is 0 Å². The van der Waals surface area contributed by atoms with Gasteiger partial charge in [0.05, 0.1) is 15.2 Å². The summed E-state index contributed by atoms with van der Waals surface area (Å²) < 4.78 is 15.2. The summed E-state index contributed by atoms with van der Waals surface area (Å²) in [5.41, 5.74) is 7.93. The molecule has 0 spiro atoms. The minimum absolute atomic E-state index is 0.262. The molecule has 2 aromatic carbocycles. The molecule has 3 aromatic rings. The summed E-state index contributed by atoms with van der Waals surface area (Å²) in [7, 11) is 0. The molecule has 0 radical (unpaired) electrons. The van der Waals surface area contributed by atoms with Crippen molar-refractivity contribution in [3.63, 3.8) is 0 Å². The van der Waals surface area contributed by atoms with Crippen molar-refractivity contribution in [3.8, 4) is 0 Å². The van der Waals surface area contributed by atoms with Gasteiger partial charge in [-0.05, 0) is 35.9 Å².